The van der Waals surface area contributed by atoms with E-state index in [9.17, 15) is 4.79 Å². The van der Waals surface area contributed by atoms with Crippen molar-refractivity contribution in [2.24, 2.45) is 0 Å². The average Bonchev–Trinajstić information content (AvgIpc) is 2.69. The summed E-state index contributed by atoms with van der Waals surface area (Å²) in [6.07, 6.45) is 0.551. The van der Waals surface area contributed by atoms with Crippen molar-refractivity contribution in [2.75, 3.05) is 18.6 Å². The molecule has 1 atom stereocenters. The number of hydrogen-bond donors (Lipinski definition) is 1. The lowest BCUT2D eigenvalue weighted by atomic mass is 10.2. The van der Waals surface area contributed by atoms with E-state index >= 15 is 0 Å². The van der Waals surface area contributed by atoms with Gasteiger partial charge in [-0.15, -0.1) is 0 Å². The van der Waals surface area contributed by atoms with Crippen molar-refractivity contribution < 1.29 is 9.53 Å². The number of rotatable bonds is 4. The molecule has 1 aromatic rings. The highest BCUT2D eigenvalue weighted by Crippen LogP contribution is 2.32. The molecule has 0 aliphatic carbocycles. The lowest BCUT2D eigenvalue weighted by Crippen LogP contribution is -2.37. The van der Waals surface area contributed by atoms with Gasteiger partial charge < -0.3 is 15.0 Å². The second kappa shape index (κ2) is 5.61. The van der Waals surface area contributed by atoms with E-state index < -0.39 is 0 Å². The molecule has 104 valence electrons. The number of anilines is 1. The number of benzene rings is 1. The number of carbonyl (C=O) groups excluding carboxylic acids is 1. The maximum atomic E-state index is 12.2. The second-order valence-electron chi connectivity index (χ2n) is 5.40. The Balaban J connectivity index is 2.22. The molecule has 1 amide bonds. The van der Waals surface area contributed by atoms with E-state index in [-0.39, 0.29) is 11.9 Å². The Morgan fingerprint density at radius 3 is 2.79 bits per heavy atom. The summed E-state index contributed by atoms with van der Waals surface area (Å²) in [5.41, 5.74) is 2.00. The maximum Gasteiger partial charge on any atom is 0.228 e. The number of carbonyl (C=O) groups is 1. The Morgan fingerprint density at radius 2 is 2.16 bits per heavy atom. The fourth-order valence-electron chi connectivity index (χ4n) is 2.53. The highest BCUT2D eigenvalue weighted by Gasteiger charge is 2.32. The summed E-state index contributed by atoms with van der Waals surface area (Å²) in [7, 11) is 1.64. The molecule has 1 N–H and O–H groups in total. The van der Waals surface area contributed by atoms with Crippen LogP contribution in [-0.2, 0) is 4.79 Å². The molecule has 1 fully saturated rings. The zero-order chi connectivity index (χ0) is 14.0. The van der Waals surface area contributed by atoms with E-state index in [2.05, 4.69) is 19.2 Å². The van der Waals surface area contributed by atoms with Crippen LogP contribution in [0.25, 0.3) is 0 Å². The first-order chi connectivity index (χ1) is 9.01. The normalized spacial score (nSPS) is 19.3. The highest BCUT2D eigenvalue weighted by atomic mass is 16.5. The Kier molecular flexibility index (Phi) is 4.10. The van der Waals surface area contributed by atoms with Gasteiger partial charge in [0.15, 0.2) is 0 Å². The van der Waals surface area contributed by atoms with Crippen LogP contribution in [0.15, 0.2) is 18.2 Å². The van der Waals surface area contributed by atoms with Gasteiger partial charge in [-0.05, 0) is 24.6 Å². The molecular formula is C15H22N2O2. The van der Waals surface area contributed by atoms with E-state index in [0.717, 1.165) is 17.0 Å². The van der Waals surface area contributed by atoms with Gasteiger partial charge in [-0.3, -0.25) is 4.79 Å². The van der Waals surface area contributed by atoms with Crippen LogP contribution in [0.1, 0.15) is 25.8 Å². The molecule has 1 aliphatic rings. The molecule has 4 heteroatoms. The molecule has 1 aliphatic heterocycles. The Hall–Kier alpha value is -1.55. The van der Waals surface area contributed by atoms with Crippen LogP contribution in [0.4, 0.5) is 5.69 Å². The van der Waals surface area contributed by atoms with Gasteiger partial charge in [-0.1, -0.05) is 19.9 Å². The van der Waals surface area contributed by atoms with Crippen molar-refractivity contribution in [3.8, 4) is 5.75 Å². The van der Waals surface area contributed by atoms with Crippen LogP contribution >= 0.6 is 0 Å². The van der Waals surface area contributed by atoms with Crippen molar-refractivity contribution in [3.05, 3.63) is 23.8 Å². The van der Waals surface area contributed by atoms with Gasteiger partial charge >= 0.3 is 0 Å². The van der Waals surface area contributed by atoms with E-state index in [4.69, 9.17) is 4.74 Å². The monoisotopic (exact) mass is 262 g/mol. The molecule has 1 heterocycles. The van der Waals surface area contributed by atoms with Crippen LogP contribution in [0.5, 0.6) is 5.75 Å². The first-order valence-electron chi connectivity index (χ1n) is 6.72. The molecule has 1 saturated heterocycles. The number of nitrogens with zero attached hydrogens (tertiary/aromatic N) is 1. The van der Waals surface area contributed by atoms with Gasteiger partial charge in [0.1, 0.15) is 5.75 Å². The van der Waals surface area contributed by atoms with Crippen molar-refractivity contribution in [1.29, 1.82) is 0 Å². The minimum absolute atomic E-state index is 0.155. The predicted molar refractivity (Wildman–Crippen MR) is 76.8 cm³/mol. The first kappa shape index (κ1) is 13.9. The molecule has 0 bridgehead atoms. The second-order valence-corrected chi connectivity index (χ2v) is 5.40. The van der Waals surface area contributed by atoms with Crippen LogP contribution < -0.4 is 15.0 Å². The van der Waals surface area contributed by atoms with Crippen LogP contribution in [0.2, 0.25) is 0 Å². The lowest BCUT2D eigenvalue weighted by Gasteiger charge is -2.21. The van der Waals surface area contributed by atoms with Gasteiger partial charge in [-0.2, -0.15) is 0 Å². The molecule has 0 radical (unpaired) electrons. The third kappa shape index (κ3) is 3.07. The number of methoxy groups -OCH3 is 1. The third-order valence-electron chi connectivity index (χ3n) is 3.32. The Labute approximate surface area is 114 Å². The number of aryl methyl sites for hydroxylation is 1. The summed E-state index contributed by atoms with van der Waals surface area (Å²) in [5.74, 6) is 0.909. The zero-order valence-corrected chi connectivity index (χ0v) is 12.1. The maximum absolute atomic E-state index is 12.2. The van der Waals surface area contributed by atoms with E-state index in [1.54, 1.807) is 7.11 Å². The number of amides is 1. The standard InChI is InChI=1S/C15H22N2O2/c1-10(2)16-12-8-15(18)17(9-12)13-7-11(3)5-6-14(13)19-4/h5-7,10,12,16H,8-9H2,1-4H3. The lowest BCUT2D eigenvalue weighted by molar-refractivity contribution is -0.117. The molecular weight excluding hydrogens is 240 g/mol. The van der Waals surface area contributed by atoms with Crippen LogP contribution in [-0.4, -0.2) is 31.6 Å². The van der Waals surface area contributed by atoms with Crippen molar-refractivity contribution in [3.63, 3.8) is 0 Å². The molecule has 0 spiro atoms. The Morgan fingerprint density at radius 1 is 1.42 bits per heavy atom. The van der Waals surface area contributed by atoms with Gasteiger partial charge in [0, 0.05) is 25.0 Å². The number of hydrogen-bond acceptors (Lipinski definition) is 3. The quantitative estimate of drug-likeness (QED) is 0.903. The van der Waals surface area contributed by atoms with E-state index in [1.807, 2.05) is 30.0 Å². The summed E-state index contributed by atoms with van der Waals surface area (Å²) >= 11 is 0. The molecule has 19 heavy (non-hydrogen) atoms. The highest BCUT2D eigenvalue weighted by molar-refractivity contribution is 5.97. The molecule has 0 saturated carbocycles. The van der Waals surface area contributed by atoms with Crippen LogP contribution in [0, 0.1) is 6.92 Å². The van der Waals surface area contributed by atoms with E-state index in [1.165, 1.54) is 0 Å². The molecule has 0 aromatic heterocycles. The van der Waals surface area contributed by atoms with Gasteiger partial charge in [0.05, 0.1) is 12.8 Å². The number of ether oxygens (including phenoxy) is 1. The summed E-state index contributed by atoms with van der Waals surface area (Å²) < 4.78 is 5.36. The van der Waals surface area contributed by atoms with Gasteiger partial charge in [0.25, 0.3) is 0 Å². The largest absolute Gasteiger partial charge is 0.495 e. The van der Waals surface area contributed by atoms with Crippen molar-refractivity contribution in [1.82, 2.24) is 5.32 Å². The van der Waals surface area contributed by atoms with Gasteiger partial charge in [0.2, 0.25) is 5.91 Å². The minimum Gasteiger partial charge on any atom is -0.495 e. The molecule has 4 nitrogen and oxygen atoms in total. The molecule has 1 aromatic carbocycles. The minimum atomic E-state index is 0.155. The van der Waals surface area contributed by atoms with Crippen molar-refractivity contribution in [2.45, 2.75) is 39.3 Å². The molecule has 2 rings (SSSR count). The SMILES string of the molecule is COc1ccc(C)cc1N1CC(NC(C)C)CC1=O. The fraction of sp³-hybridized carbons (Fsp3) is 0.533. The first-order valence-corrected chi connectivity index (χ1v) is 6.72. The molecule has 1 unspecified atom stereocenters. The van der Waals surface area contributed by atoms with Crippen LogP contribution in [0.3, 0.4) is 0 Å². The summed E-state index contributed by atoms with van der Waals surface area (Å²) in [6, 6.07) is 6.53. The average molecular weight is 262 g/mol. The van der Waals surface area contributed by atoms with Crippen molar-refractivity contribution >= 4 is 11.6 Å². The number of nitrogens with one attached hydrogen (secondary N) is 1. The summed E-state index contributed by atoms with van der Waals surface area (Å²) in [5, 5.41) is 3.42. The topological polar surface area (TPSA) is 41.6 Å². The van der Waals surface area contributed by atoms with E-state index in [0.29, 0.717) is 19.0 Å². The summed E-state index contributed by atoms with van der Waals surface area (Å²) in [4.78, 5) is 14.0. The zero-order valence-electron chi connectivity index (χ0n) is 12.1. The third-order valence-corrected chi connectivity index (χ3v) is 3.32. The smallest absolute Gasteiger partial charge is 0.228 e. The van der Waals surface area contributed by atoms with Gasteiger partial charge in [-0.25, -0.2) is 0 Å². The summed E-state index contributed by atoms with van der Waals surface area (Å²) in [6.45, 7) is 6.92. The predicted octanol–water partition coefficient (Wildman–Crippen LogP) is 2.11. The Bertz CT molecular complexity index is 471. The fourth-order valence-corrected chi connectivity index (χ4v) is 2.53.